The number of amidine groups is 1. The first kappa shape index (κ1) is 10.9. The van der Waals surface area contributed by atoms with Crippen molar-refractivity contribution in [2.75, 3.05) is 7.05 Å². The van der Waals surface area contributed by atoms with Crippen LogP contribution in [0.25, 0.3) is 0 Å². The van der Waals surface area contributed by atoms with Crippen LogP contribution in [-0.2, 0) is 0 Å². The Morgan fingerprint density at radius 1 is 1.92 bits per heavy atom. The number of aromatic amines is 1. The molecule has 0 amide bonds. The van der Waals surface area contributed by atoms with Gasteiger partial charge < -0.3 is 10.9 Å². The maximum absolute atomic E-state index is 8.36. The van der Waals surface area contributed by atoms with E-state index >= 15 is 0 Å². The second-order valence-corrected chi connectivity index (χ2v) is 1.81. The predicted molar refractivity (Wildman–Crippen MR) is 44.0 cm³/mol. The lowest BCUT2D eigenvalue weighted by molar-refractivity contribution is -0.742. The molecular weight excluding hydrogens is 178 g/mol. The van der Waals surface area contributed by atoms with Crippen molar-refractivity contribution >= 4 is 5.84 Å². The van der Waals surface area contributed by atoms with E-state index in [0.29, 0.717) is 11.5 Å². The van der Waals surface area contributed by atoms with E-state index in [0.717, 1.165) is 0 Å². The quantitative estimate of drug-likeness (QED) is 0.234. The highest BCUT2D eigenvalue weighted by atomic mass is 16.9. The van der Waals surface area contributed by atoms with E-state index in [2.05, 4.69) is 15.2 Å². The lowest BCUT2D eigenvalue weighted by Gasteiger charge is -1.88. The second kappa shape index (κ2) is 5.52. The Balaban J connectivity index is 0.000000310. The number of aliphatic imine (C=N–C) groups is 1. The molecule has 8 nitrogen and oxygen atoms in total. The molecule has 1 aromatic rings. The molecule has 1 heterocycles. The fourth-order valence-corrected chi connectivity index (χ4v) is 0.517. The molecule has 1 rings (SSSR count). The van der Waals surface area contributed by atoms with Crippen molar-refractivity contribution in [3.8, 4) is 0 Å². The summed E-state index contributed by atoms with van der Waals surface area (Å²) in [4.78, 5) is 12.1. The Bertz CT molecular complexity index is 276. The van der Waals surface area contributed by atoms with Crippen molar-refractivity contribution in [3.63, 3.8) is 0 Å². The van der Waals surface area contributed by atoms with Crippen LogP contribution < -0.4 is 5.73 Å². The average molecular weight is 187 g/mol. The maximum atomic E-state index is 8.36. The Hall–Kier alpha value is -2.12. The third-order valence-corrected chi connectivity index (χ3v) is 1.00. The van der Waals surface area contributed by atoms with E-state index in [4.69, 9.17) is 21.1 Å². The number of nitrogens with zero attached hydrogens (tertiary/aromatic N) is 3. The number of nitrogens with one attached hydrogen (secondary N) is 1. The molecule has 0 aromatic carbocycles. The summed E-state index contributed by atoms with van der Waals surface area (Å²) < 4.78 is 0. The molecule has 0 saturated carbocycles. The van der Waals surface area contributed by atoms with Crippen molar-refractivity contribution in [1.82, 2.24) is 10.2 Å². The van der Waals surface area contributed by atoms with Gasteiger partial charge in [0.2, 0.25) is 0 Å². The van der Waals surface area contributed by atoms with E-state index in [9.17, 15) is 0 Å². The van der Waals surface area contributed by atoms with Gasteiger partial charge in [-0.1, -0.05) is 0 Å². The second-order valence-electron chi connectivity index (χ2n) is 1.81. The molecule has 4 N–H and O–H groups in total. The molecule has 0 bridgehead atoms. The molecule has 0 aliphatic rings. The Morgan fingerprint density at radius 3 is 2.77 bits per heavy atom. The normalized spacial score (nSPS) is 10.1. The summed E-state index contributed by atoms with van der Waals surface area (Å²) in [5.74, 6) is 0.455. The van der Waals surface area contributed by atoms with Crippen LogP contribution in [0.1, 0.15) is 5.69 Å². The largest absolute Gasteiger partial charge is 0.382 e. The van der Waals surface area contributed by atoms with E-state index in [1.807, 2.05) is 0 Å². The van der Waals surface area contributed by atoms with Gasteiger partial charge in [-0.3, -0.25) is 10.1 Å². The van der Waals surface area contributed by atoms with E-state index < -0.39 is 5.09 Å². The highest BCUT2D eigenvalue weighted by Gasteiger charge is 1.95. The van der Waals surface area contributed by atoms with Crippen molar-refractivity contribution in [3.05, 3.63) is 28.1 Å². The van der Waals surface area contributed by atoms with E-state index in [-0.39, 0.29) is 0 Å². The highest BCUT2D eigenvalue weighted by Crippen LogP contribution is 1.88. The zero-order chi connectivity index (χ0) is 10.3. The minimum atomic E-state index is -1.50. The molecule has 0 radical (unpaired) electrons. The van der Waals surface area contributed by atoms with E-state index in [1.165, 1.54) is 0 Å². The molecule has 8 heteroatoms. The van der Waals surface area contributed by atoms with Crippen LogP contribution in [0.2, 0.25) is 0 Å². The van der Waals surface area contributed by atoms with Crippen LogP contribution in [0.15, 0.2) is 17.3 Å². The van der Waals surface area contributed by atoms with Crippen LogP contribution in [0.3, 0.4) is 0 Å². The molecule has 0 unspecified atom stereocenters. The van der Waals surface area contributed by atoms with Crippen molar-refractivity contribution in [2.45, 2.75) is 0 Å². The molecular formula is C5H9N5O3. The maximum Gasteiger partial charge on any atom is 0.291 e. The highest BCUT2D eigenvalue weighted by molar-refractivity contribution is 5.95. The minimum absolute atomic E-state index is 0.455. The molecule has 13 heavy (non-hydrogen) atoms. The van der Waals surface area contributed by atoms with Gasteiger partial charge in [0.25, 0.3) is 5.09 Å². The summed E-state index contributed by atoms with van der Waals surface area (Å²) in [6, 6.07) is 1.77. The predicted octanol–water partition coefficient (Wildman–Crippen LogP) is -0.603. The third kappa shape index (κ3) is 5.18. The monoisotopic (exact) mass is 187 g/mol. The number of hydrogen-bond acceptors (Lipinski definition) is 4. The zero-order valence-electron chi connectivity index (χ0n) is 6.84. The van der Waals surface area contributed by atoms with Gasteiger partial charge in [0, 0.05) is 13.2 Å². The molecule has 0 fully saturated rings. The first-order valence-electron chi connectivity index (χ1n) is 3.13. The fourth-order valence-electron chi connectivity index (χ4n) is 0.517. The molecule has 1 aromatic heterocycles. The summed E-state index contributed by atoms with van der Waals surface area (Å²) in [5.41, 5.74) is 6.10. The average Bonchev–Trinajstić information content (AvgIpc) is 2.54. The first-order valence-corrected chi connectivity index (χ1v) is 3.13. The molecule has 0 saturated heterocycles. The van der Waals surface area contributed by atoms with Gasteiger partial charge in [0.15, 0.2) is 0 Å². The van der Waals surface area contributed by atoms with Gasteiger partial charge >= 0.3 is 0 Å². The topological polar surface area (TPSA) is 130 Å². The summed E-state index contributed by atoms with van der Waals surface area (Å²) in [7, 11) is 1.63. The first-order chi connectivity index (χ1) is 6.07. The molecule has 72 valence electrons. The van der Waals surface area contributed by atoms with Crippen LogP contribution in [0, 0.1) is 10.1 Å². The zero-order valence-corrected chi connectivity index (χ0v) is 6.84. The Morgan fingerprint density at radius 2 is 2.46 bits per heavy atom. The van der Waals surface area contributed by atoms with Crippen molar-refractivity contribution in [1.29, 1.82) is 0 Å². The fraction of sp³-hybridized carbons (Fsp3) is 0.200. The van der Waals surface area contributed by atoms with Gasteiger partial charge in [0.05, 0.1) is 0 Å². The van der Waals surface area contributed by atoms with Crippen LogP contribution in [0.4, 0.5) is 0 Å². The Kier molecular flexibility index (Phi) is 4.62. The lowest BCUT2D eigenvalue weighted by Crippen LogP contribution is -2.13. The van der Waals surface area contributed by atoms with Gasteiger partial charge in [-0.05, 0) is 6.07 Å². The van der Waals surface area contributed by atoms with Crippen molar-refractivity contribution < 1.29 is 10.3 Å². The number of rotatable bonds is 1. The van der Waals surface area contributed by atoms with Gasteiger partial charge in [-0.15, -0.1) is 10.1 Å². The molecule has 0 atom stereocenters. The van der Waals surface area contributed by atoms with Gasteiger partial charge in [-0.25, -0.2) is 0 Å². The smallest absolute Gasteiger partial charge is 0.291 e. The SMILES string of the molecule is CN=C(N)c1cc[nH]n1.O=[N+]([O-])O. The summed E-state index contributed by atoms with van der Waals surface area (Å²) >= 11 is 0. The van der Waals surface area contributed by atoms with Crippen LogP contribution in [-0.4, -0.2) is 33.4 Å². The number of aromatic nitrogens is 2. The molecule has 0 aliphatic heterocycles. The summed E-state index contributed by atoms with van der Waals surface area (Å²) in [6.07, 6.45) is 1.70. The lowest BCUT2D eigenvalue weighted by atomic mass is 10.4. The number of hydrogen-bond donors (Lipinski definition) is 3. The van der Waals surface area contributed by atoms with E-state index in [1.54, 1.807) is 19.3 Å². The van der Waals surface area contributed by atoms with Gasteiger partial charge in [-0.2, -0.15) is 5.10 Å². The Labute approximate surface area is 73.2 Å². The number of H-pyrrole nitrogens is 1. The van der Waals surface area contributed by atoms with Crippen molar-refractivity contribution in [2.24, 2.45) is 10.7 Å². The molecule has 0 aliphatic carbocycles. The van der Waals surface area contributed by atoms with Gasteiger partial charge in [0.1, 0.15) is 11.5 Å². The standard InChI is InChI=1S/C5H8N4.HNO3/c1-7-5(6)4-2-3-8-9-4;2-1(3)4/h2-3H,1H3,(H2,6,7)(H,8,9);(H,2,3,4). The van der Waals surface area contributed by atoms with Crippen LogP contribution in [0.5, 0.6) is 0 Å². The van der Waals surface area contributed by atoms with Crippen LogP contribution >= 0.6 is 0 Å². The number of nitrogens with two attached hydrogens (primary N) is 1. The summed E-state index contributed by atoms with van der Waals surface area (Å²) in [5, 5.41) is 20.1. The summed E-state index contributed by atoms with van der Waals surface area (Å²) in [6.45, 7) is 0. The molecule has 0 spiro atoms. The minimum Gasteiger partial charge on any atom is -0.382 e. The third-order valence-electron chi connectivity index (χ3n) is 1.00.